The quantitative estimate of drug-likeness (QED) is 0.671. The van der Waals surface area contributed by atoms with Gasteiger partial charge in [-0.2, -0.15) is 0 Å². The van der Waals surface area contributed by atoms with Crippen LogP contribution in [0.3, 0.4) is 0 Å². The summed E-state index contributed by atoms with van der Waals surface area (Å²) < 4.78 is 5.33. The normalized spacial score (nSPS) is 11.2. The van der Waals surface area contributed by atoms with Gasteiger partial charge < -0.3 is 10.1 Å². The molecule has 0 saturated carbocycles. The maximum atomic E-state index is 5.33. The Morgan fingerprint density at radius 2 is 1.17 bits per heavy atom. The summed E-state index contributed by atoms with van der Waals surface area (Å²) in [6.07, 6.45) is 0. The van der Waals surface area contributed by atoms with Crippen LogP contribution in [0, 0.1) is 0 Å². The standard InChI is InChI=1S/C22H23NO/c1-3-23-22(18-10-6-4-7-11-18,19-12-8-5-9-13-19)20-14-16-21(24-2)17-15-20/h4-17,23H,3H2,1-2H3. The fourth-order valence-corrected chi connectivity index (χ4v) is 3.29. The smallest absolute Gasteiger partial charge is 0.118 e. The molecular weight excluding hydrogens is 294 g/mol. The van der Waals surface area contributed by atoms with Crippen LogP contribution in [0.1, 0.15) is 23.6 Å². The van der Waals surface area contributed by atoms with Crippen molar-refractivity contribution in [3.63, 3.8) is 0 Å². The molecule has 0 fully saturated rings. The second-order valence-electron chi connectivity index (χ2n) is 5.74. The van der Waals surface area contributed by atoms with Crippen molar-refractivity contribution in [2.75, 3.05) is 13.7 Å². The van der Waals surface area contributed by atoms with Gasteiger partial charge in [-0.15, -0.1) is 0 Å². The van der Waals surface area contributed by atoms with Gasteiger partial charge in [0.25, 0.3) is 0 Å². The SMILES string of the molecule is CCNC(c1ccccc1)(c1ccccc1)c1ccc(OC)cc1. The summed E-state index contributed by atoms with van der Waals surface area (Å²) in [5.74, 6) is 0.866. The average molecular weight is 317 g/mol. The Hall–Kier alpha value is -2.58. The molecule has 3 rings (SSSR count). The van der Waals surface area contributed by atoms with E-state index in [2.05, 4.69) is 85.0 Å². The number of rotatable bonds is 6. The van der Waals surface area contributed by atoms with Gasteiger partial charge in [0.1, 0.15) is 5.75 Å². The Balaban J connectivity index is 2.25. The lowest BCUT2D eigenvalue weighted by atomic mass is 9.77. The van der Waals surface area contributed by atoms with E-state index in [1.165, 1.54) is 16.7 Å². The zero-order valence-corrected chi connectivity index (χ0v) is 14.2. The van der Waals surface area contributed by atoms with Crippen LogP contribution in [-0.2, 0) is 5.54 Å². The van der Waals surface area contributed by atoms with Crippen LogP contribution in [-0.4, -0.2) is 13.7 Å². The van der Waals surface area contributed by atoms with Crippen LogP contribution in [0.15, 0.2) is 84.9 Å². The Bertz CT molecular complexity index is 711. The van der Waals surface area contributed by atoms with Crippen LogP contribution < -0.4 is 10.1 Å². The molecule has 0 radical (unpaired) electrons. The number of hydrogen-bond donors (Lipinski definition) is 1. The molecule has 0 bridgehead atoms. The highest BCUT2D eigenvalue weighted by Crippen LogP contribution is 2.37. The molecule has 3 aromatic carbocycles. The van der Waals surface area contributed by atoms with Gasteiger partial charge >= 0.3 is 0 Å². The maximum absolute atomic E-state index is 5.33. The average Bonchev–Trinajstić information content (AvgIpc) is 2.68. The fourth-order valence-electron chi connectivity index (χ4n) is 3.29. The summed E-state index contributed by atoms with van der Waals surface area (Å²) >= 11 is 0. The van der Waals surface area contributed by atoms with Gasteiger partial charge in [-0.25, -0.2) is 0 Å². The Labute approximate surface area is 144 Å². The van der Waals surface area contributed by atoms with Crippen LogP contribution >= 0.6 is 0 Å². The minimum Gasteiger partial charge on any atom is -0.497 e. The second kappa shape index (κ2) is 7.33. The van der Waals surface area contributed by atoms with Crippen molar-refractivity contribution in [2.45, 2.75) is 12.5 Å². The van der Waals surface area contributed by atoms with E-state index in [1.807, 2.05) is 12.1 Å². The molecule has 24 heavy (non-hydrogen) atoms. The van der Waals surface area contributed by atoms with Crippen molar-refractivity contribution >= 4 is 0 Å². The van der Waals surface area contributed by atoms with Crippen molar-refractivity contribution in [1.82, 2.24) is 5.32 Å². The lowest BCUT2D eigenvalue weighted by molar-refractivity contribution is 0.413. The van der Waals surface area contributed by atoms with Gasteiger partial charge in [-0.3, -0.25) is 0 Å². The van der Waals surface area contributed by atoms with Crippen LogP contribution in [0.25, 0.3) is 0 Å². The zero-order chi connectivity index (χ0) is 16.8. The van der Waals surface area contributed by atoms with E-state index >= 15 is 0 Å². The molecule has 0 atom stereocenters. The number of hydrogen-bond acceptors (Lipinski definition) is 2. The van der Waals surface area contributed by atoms with E-state index in [0.29, 0.717) is 0 Å². The topological polar surface area (TPSA) is 21.3 Å². The van der Waals surface area contributed by atoms with Gasteiger partial charge in [0.2, 0.25) is 0 Å². The zero-order valence-electron chi connectivity index (χ0n) is 14.2. The van der Waals surface area contributed by atoms with E-state index in [1.54, 1.807) is 7.11 Å². The minimum absolute atomic E-state index is 0.385. The molecule has 0 heterocycles. The Morgan fingerprint density at radius 3 is 1.58 bits per heavy atom. The summed E-state index contributed by atoms with van der Waals surface area (Å²) in [4.78, 5) is 0. The van der Waals surface area contributed by atoms with E-state index in [9.17, 15) is 0 Å². The van der Waals surface area contributed by atoms with Gasteiger partial charge in [0.05, 0.1) is 12.6 Å². The largest absolute Gasteiger partial charge is 0.497 e. The van der Waals surface area contributed by atoms with E-state index in [4.69, 9.17) is 4.74 Å². The third-order valence-electron chi connectivity index (χ3n) is 4.38. The van der Waals surface area contributed by atoms with Crippen molar-refractivity contribution in [1.29, 1.82) is 0 Å². The van der Waals surface area contributed by atoms with Crippen molar-refractivity contribution < 1.29 is 4.74 Å². The highest BCUT2D eigenvalue weighted by Gasteiger charge is 2.35. The maximum Gasteiger partial charge on any atom is 0.118 e. The molecule has 0 aliphatic heterocycles. The first kappa shape index (κ1) is 16.3. The summed E-state index contributed by atoms with van der Waals surface area (Å²) in [7, 11) is 1.70. The molecule has 1 N–H and O–H groups in total. The molecule has 0 spiro atoms. The van der Waals surface area contributed by atoms with Gasteiger partial charge in [-0.1, -0.05) is 79.7 Å². The monoisotopic (exact) mass is 317 g/mol. The molecule has 0 aliphatic carbocycles. The summed E-state index contributed by atoms with van der Waals surface area (Å²) in [5, 5.41) is 3.74. The summed E-state index contributed by atoms with van der Waals surface area (Å²) in [6.45, 7) is 3.00. The first-order valence-corrected chi connectivity index (χ1v) is 8.32. The number of methoxy groups -OCH3 is 1. The number of nitrogens with one attached hydrogen (secondary N) is 1. The molecule has 0 aromatic heterocycles. The Morgan fingerprint density at radius 1 is 0.708 bits per heavy atom. The summed E-state index contributed by atoms with van der Waals surface area (Å²) in [5.41, 5.74) is 3.26. The molecule has 0 aliphatic rings. The molecular formula is C22H23NO. The lowest BCUT2D eigenvalue weighted by Crippen LogP contribution is -2.44. The highest BCUT2D eigenvalue weighted by atomic mass is 16.5. The molecule has 0 saturated heterocycles. The molecule has 0 unspecified atom stereocenters. The van der Waals surface area contributed by atoms with E-state index < -0.39 is 0 Å². The van der Waals surface area contributed by atoms with Crippen LogP contribution in [0.2, 0.25) is 0 Å². The summed E-state index contributed by atoms with van der Waals surface area (Å²) in [6, 6.07) is 29.5. The van der Waals surface area contributed by atoms with Gasteiger partial charge in [0.15, 0.2) is 0 Å². The highest BCUT2D eigenvalue weighted by molar-refractivity contribution is 5.50. The van der Waals surface area contributed by atoms with Crippen LogP contribution in [0.5, 0.6) is 5.75 Å². The number of benzene rings is 3. The van der Waals surface area contributed by atoms with Crippen molar-refractivity contribution in [3.05, 3.63) is 102 Å². The molecule has 2 nitrogen and oxygen atoms in total. The van der Waals surface area contributed by atoms with Gasteiger partial charge in [0, 0.05) is 0 Å². The van der Waals surface area contributed by atoms with Crippen LogP contribution in [0.4, 0.5) is 0 Å². The molecule has 122 valence electrons. The Kier molecular flexibility index (Phi) is 4.97. The van der Waals surface area contributed by atoms with E-state index in [0.717, 1.165) is 12.3 Å². The minimum atomic E-state index is -0.385. The first-order valence-electron chi connectivity index (χ1n) is 8.32. The van der Waals surface area contributed by atoms with Crippen molar-refractivity contribution in [3.8, 4) is 5.75 Å². The molecule has 2 heteroatoms. The van der Waals surface area contributed by atoms with Gasteiger partial charge in [-0.05, 0) is 35.4 Å². The third kappa shape index (κ3) is 2.93. The predicted octanol–water partition coefficient (Wildman–Crippen LogP) is 4.60. The lowest BCUT2D eigenvalue weighted by Gasteiger charge is -2.37. The molecule has 0 amide bonds. The fraction of sp³-hybridized carbons (Fsp3) is 0.182. The first-order chi connectivity index (χ1) is 11.8. The third-order valence-corrected chi connectivity index (χ3v) is 4.38. The molecule has 3 aromatic rings. The number of ether oxygens (including phenoxy) is 1. The second-order valence-corrected chi connectivity index (χ2v) is 5.74. The predicted molar refractivity (Wildman–Crippen MR) is 99.4 cm³/mol. The van der Waals surface area contributed by atoms with E-state index in [-0.39, 0.29) is 5.54 Å². The van der Waals surface area contributed by atoms with Crippen molar-refractivity contribution in [2.24, 2.45) is 0 Å².